The Morgan fingerprint density at radius 3 is 2.40 bits per heavy atom. The van der Waals surface area contributed by atoms with Gasteiger partial charge in [0.1, 0.15) is 5.82 Å². The fourth-order valence-corrected chi connectivity index (χ4v) is 5.10. The van der Waals surface area contributed by atoms with Gasteiger partial charge in [0.25, 0.3) is 0 Å². The first-order chi connectivity index (χ1) is 16.8. The second-order valence-electron chi connectivity index (χ2n) is 9.62. The Morgan fingerprint density at radius 1 is 1.00 bits per heavy atom. The maximum absolute atomic E-state index is 8.34. The highest BCUT2D eigenvalue weighted by Gasteiger charge is 2.44. The maximum Gasteiger partial charge on any atom is 0.229 e. The molecule has 1 heterocycles. The zero-order valence-corrected chi connectivity index (χ0v) is 21.0. The molecule has 0 unspecified atom stereocenters. The summed E-state index contributed by atoms with van der Waals surface area (Å²) in [5.41, 5.74) is 5.65. The van der Waals surface area contributed by atoms with Crippen LogP contribution in [0.5, 0.6) is 0 Å². The molecule has 1 saturated carbocycles. The van der Waals surface area contributed by atoms with Crippen LogP contribution in [-0.2, 0) is 5.41 Å². The van der Waals surface area contributed by atoms with E-state index in [-0.39, 0.29) is 5.62 Å². The van der Waals surface area contributed by atoms with Gasteiger partial charge in [-0.1, -0.05) is 48.0 Å². The number of hydrogen-bond acceptors (Lipinski definition) is 5. The largest absolute Gasteiger partial charge is 0.329 e. The average molecular weight is 485 g/mol. The number of halogens is 1. The maximum atomic E-state index is 8.34. The minimum Gasteiger partial charge on any atom is -0.329 e. The van der Waals surface area contributed by atoms with Crippen molar-refractivity contribution in [2.75, 3.05) is 32.6 Å². The number of fused-ring (bicyclic) bond motifs is 1. The highest BCUT2D eigenvalue weighted by atomic mass is 35.5. The zero-order valence-electron chi connectivity index (χ0n) is 20.2. The molecule has 0 bridgehead atoms. The molecule has 0 radical (unpaired) electrons. The number of likely N-dealkylation sites (N-methyl/N-ethyl adjacent to an activating group) is 1. The molecule has 0 aliphatic heterocycles. The zero-order chi connectivity index (χ0) is 24.7. The van der Waals surface area contributed by atoms with Crippen LogP contribution < -0.4 is 10.5 Å². The number of anilines is 2. The summed E-state index contributed by atoms with van der Waals surface area (Å²) in [5.74, 6) is 0.645. The third kappa shape index (κ3) is 4.35. The summed E-state index contributed by atoms with van der Waals surface area (Å²) >= 11 is 6.22. The van der Waals surface area contributed by atoms with E-state index in [0.717, 1.165) is 29.5 Å². The summed E-state index contributed by atoms with van der Waals surface area (Å²) < 4.78 is 1.42. The average Bonchev–Trinajstić information content (AvgIpc) is 3.63. The van der Waals surface area contributed by atoms with E-state index in [0.29, 0.717) is 21.8 Å². The van der Waals surface area contributed by atoms with Crippen molar-refractivity contribution in [2.45, 2.75) is 18.3 Å². The molecule has 0 atom stereocenters. The van der Waals surface area contributed by atoms with Gasteiger partial charge in [-0.25, -0.2) is 0 Å². The smallest absolute Gasteiger partial charge is 0.229 e. The van der Waals surface area contributed by atoms with Gasteiger partial charge in [-0.05, 0) is 74.0 Å². The van der Waals surface area contributed by atoms with E-state index >= 15 is 0 Å². The second-order valence-corrected chi connectivity index (χ2v) is 10.1. The van der Waals surface area contributed by atoms with Gasteiger partial charge in [-0.3, -0.25) is 15.4 Å². The van der Waals surface area contributed by atoms with Crippen molar-refractivity contribution in [3.05, 3.63) is 82.9 Å². The first-order valence-corrected chi connectivity index (χ1v) is 12.1. The molecular formula is C28H29ClN6. The van der Waals surface area contributed by atoms with Crippen LogP contribution >= 0.6 is 11.6 Å². The normalized spacial score (nSPS) is 14.3. The second kappa shape index (κ2) is 8.95. The van der Waals surface area contributed by atoms with Crippen LogP contribution in [0.15, 0.2) is 66.7 Å². The predicted molar refractivity (Wildman–Crippen MR) is 144 cm³/mol. The lowest BCUT2D eigenvalue weighted by Crippen LogP contribution is -2.26. The van der Waals surface area contributed by atoms with E-state index in [1.54, 1.807) is 6.07 Å². The van der Waals surface area contributed by atoms with Crippen molar-refractivity contribution in [3.8, 4) is 11.1 Å². The summed E-state index contributed by atoms with van der Waals surface area (Å²) in [5, 5.41) is 17.4. The van der Waals surface area contributed by atoms with Crippen LogP contribution in [0.3, 0.4) is 0 Å². The molecule has 1 aromatic heterocycles. The molecule has 0 spiro atoms. The quantitative estimate of drug-likeness (QED) is 0.263. The third-order valence-corrected chi connectivity index (χ3v) is 7.12. The van der Waals surface area contributed by atoms with Gasteiger partial charge in [-0.2, -0.15) is 4.98 Å². The highest BCUT2D eigenvalue weighted by Crippen LogP contribution is 2.48. The van der Waals surface area contributed by atoms with E-state index < -0.39 is 0 Å². The molecule has 7 heteroatoms. The lowest BCUT2D eigenvalue weighted by atomic mass is 9.93. The van der Waals surface area contributed by atoms with E-state index in [2.05, 4.69) is 60.4 Å². The van der Waals surface area contributed by atoms with Gasteiger partial charge in [0.15, 0.2) is 0 Å². The Balaban J connectivity index is 1.50. The fourth-order valence-electron chi connectivity index (χ4n) is 4.93. The molecule has 0 amide bonds. The Bertz CT molecular complexity index is 1470. The van der Waals surface area contributed by atoms with Gasteiger partial charge in [0.05, 0.1) is 11.9 Å². The summed E-state index contributed by atoms with van der Waals surface area (Å²) in [6, 6.07) is 22.8. The fraction of sp³-hybridized carbons (Fsp3) is 0.250. The molecular weight excluding hydrogens is 456 g/mol. The Hall–Kier alpha value is -3.48. The molecule has 1 fully saturated rings. The number of hydrogen-bond donors (Lipinski definition) is 2. The van der Waals surface area contributed by atoms with Crippen molar-refractivity contribution in [1.29, 1.82) is 10.8 Å². The van der Waals surface area contributed by atoms with Crippen molar-refractivity contribution in [1.82, 2.24) is 14.5 Å². The lowest BCUT2D eigenvalue weighted by molar-refractivity contribution is 0.362. The lowest BCUT2D eigenvalue weighted by Gasteiger charge is -2.22. The first kappa shape index (κ1) is 23.3. The van der Waals surface area contributed by atoms with Gasteiger partial charge in [-0.15, -0.1) is 0 Å². The summed E-state index contributed by atoms with van der Waals surface area (Å²) in [6.45, 7) is 1.09. The van der Waals surface area contributed by atoms with Crippen molar-refractivity contribution in [2.24, 2.45) is 0 Å². The molecule has 5 rings (SSSR count). The summed E-state index contributed by atoms with van der Waals surface area (Å²) in [6.07, 6.45) is 3.60. The van der Waals surface area contributed by atoms with E-state index in [1.807, 2.05) is 36.2 Å². The molecule has 0 saturated heterocycles. The van der Waals surface area contributed by atoms with Gasteiger partial charge < -0.3 is 9.80 Å². The molecule has 4 aromatic rings. The first-order valence-electron chi connectivity index (χ1n) is 11.7. The molecule has 6 nitrogen and oxygen atoms in total. The SMILES string of the molecule is CN(C)CC1(c2ccc(-c3cccc(N(C)c4nc(=N)n(C=N)c5cc(Cl)ccc45)c3)cc2)CC1. The van der Waals surface area contributed by atoms with Gasteiger partial charge >= 0.3 is 0 Å². The monoisotopic (exact) mass is 484 g/mol. The van der Waals surface area contributed by atoms with Gasteiger partial charge in [0, 0.05) is 35.1 Å². The highest BCUT2D eigenvalue weighted by molar-refractivity contribution is 6.31. The predicted octanol–water partition coefficient (Wildman–Crippen LogP) is 5.65. The van der Waals surface area contributed by atoms with E-state index in [4.69, 9.17) is 22.4 Å². The number of rotatable bonds is 7. The molecule has 2 N–H and O–H groups in total. The molecule has 1 aliphatic carbocycles. The molecule has 178 valence electrons. The van der Waals surface area contributed by atoms with Crippen molar-refractivity contribution in [3.63, 3.8) is 0 Å². The number of aromatic nitrogens is 2. The van der Waals surface area contributed by atoms with Crippen molar-refractivity contribution < 1.29 is 0 Å². The number of nitrogens with one attached hydrogen (secondary N) is 2. The molecule has 35 heavy (non-hydrogen) atoms. The van der Waals surface area contributed by atoms with Crippen molar-refractivity contribution >= 4 is 40.3 Å². The third-order valence-electron chi connectivity index (χ3n) is 6.88. The van der Waals surface area contributed by atoms with Crippen LogP contribution in [0.1, 0.15) is 18.4 Å². The van der Waals surface area contributed by atoms with Gasteiger partial charge in [0.2, 0.25) is 5.62 Å². The summed E-state index contributed by atoms with van der Waals surface area (Å²) in [4.78, 5) is 8.77. The minimum absolute atomic E-state index is 0.0184. The van der Waals surface area contributed by atoms with Crippen LogP contribution in [-0.4, -0.2) is 48.5 Å². The number of benzene rings is 3. The standard InChI is InChI=1S/C28H29ClN6/c1-33(2)17-28(13-14-28)21-9-7-19(8-10-21)20-5-4-6-23(15-20)34(3)26-24-12-11-22(29)16-25(24)35(18-30)27(31)32-26/h4-12,15-16,18,30-31H,13-14,17H2,1-3H3. The molecule has 1 aliphatic rings. The number of nitrogens with zero attached hydrogens (tertiary/aromatic N) is 4. The van der Waals surface area contributed by atoms with E-state index in [1.165, 1.54) is 28.5 Å². The Kier molecular flexibility index (Phi) is 5.95. The molecule has 3 aromatic carbocycles. The van der Waals surface area contributed by atoms with Crippen LogP contribution in [0, 0.1) is 10.8 Å². The van der Waals surface area contributed by atoms with Crippen LogP contribution in [0.2, 0.25) is 5.02 Å². The Labute approximate surface area is 210 Å². The van der Waals surface area contributed by atoms with E-state index in [9.17, 15) is 0 Å². The topological polar surface area (TPSA) is 72.0 Å². The summed E-state index contributed by atoms with van der Waals surface area (Å²) in [7, 11) is 6.24. The Morgan fingerprint density at radius 2 is 1.74 bits per heavy atom. The van der Waals surface area contributed by atoms with Crippen LogP contribution in [0.25, 0.3) is 22.0 Å². The minimum atomic E-state index is -0.0184. The van der Waals surface area contributed by atoms with Crippen LogP contribution in [0.4, 0.5) is 11.5 Å².